The van der Waals surface area contributed by atoms with E-state index >= 15 is 0 Å². The van der Waals surface area contributed by atoms with E-state index in [1.54, 1.807) is 4.90 Å². The maximum Gasteiger partial charge on any atom is 0.417 e. The van der Waals surface area contributed by atoms with Crippen LogP contribution in [-0.2, 0) is 6.18 Å². The van der Waals surface area contributed by atoms with Crippen molar-refractivity contribution in [2.75, 3.05) is 18.4 Å². The summed E-state index contributed by atoms with van der Waals surface area (Å²) in [5, 5.41) is 2.53. The summed E-state index contributed by atoms with van der Waals surface area (Å²) in [5.74, 6) is 0.582. The lowest BCUT2D eigenvalue weighted by molar-refractivity contribution is -0.138. The minimum Gasteiger partial charge on any atom is -0.325 e. The fourth-order valence-corrected chi connectivity index (χ4v) is 2.71. The molecule has 1 saturated heterocycles. The van der Waals surface area contributed by atoms with Crippen molar-refractivity contribution in [3.05, 3.63) is 28.2 Å². The van der Waals surface area contributed by atoms with E-state index in [0.717, 1.165) is 18.9 Å². The SMILES string of the molecule is CC1CCN(C(=O)Nc2ccc(Br)c(C(F)(F)F)c2)CC1. The predicted molar refractivity (Wildman–Crippen MR) is 78.1 cm³/mol. The maximum atomic E-state index is 12.8. The Morgan fingerprint density at radius 2 is 1.95 bits per heavy atom. The molecule has 0 bridgehead atoms. The zero-order chi connectivity index (χ0) is 15.6. The quantitative estimate of drug-likeness (QED) is 0.767. The number of hydrogen-bond acceptors (Lipinski definition) is 1. The molecule has 0 aromatic heterocycles. The van der Waals surface area contributed by atoms with Gasteiger partial charge in [-0.3, -0.25) is 0 Å². The van der Waals surface area contributed by atoms with Gasteiger partial charge in [0.15, 0.2) is 0 Å². The summed E-state index contributed by atoms with van der Waals surface area (Å²) in [6, 6.07) is 3.33. The molecule has 1 fully saturated rings. The number of benzene rings is 1. The van der Waals surface area contributed by atoms with Crippen molar-refractivity contribution in [2.45, 2.75) is 25.9 Å². The summed E-state index contributed by atoms with van der Waals surface area (Å²) in [4.78, 5) is 13.7. The standard InChI is InChI=1S/C14H16BrF3N2O/c1-9-4-6-20(7-5-9)13(21)19-10-2-3-12(15)11(8-10)14(16,17)18/h2-3,8-9H,4-7H2,1H3,(H,19,21). The number of likely N-dealkylation sites (tertiary alicyclic amines) is 1. The lowest BCUT2D eigenvalue weighted by Crippen LogP contribution is -2.40. The molecule has 3 nitrogen and oxygen atoms in total. The van der Waals surface area contributed by atoms with E-state index in [-0.39, 0.29) is 16.2 Å². The van der Waals surface area contributed by atoms with Crippen LogP contribution < -0.4 is 5.32 Å². The van der Waals surface area contributed by atoms with Crippen LogP contribution in [0.25, 0.3) is 0 Å². The van der Waals surface area contributed by atoms with Gasteiger partial charge >= 0.3 is 12.2 Å². The van der Waals surface area contributed by atoms with Crippen LogP contribution in [0.1, 0.15) is 25.3 Å². The van der Waals surface area contributed by atoms with E-state index in [1.165, 1.54) is 12.1 Å². The normalized spacial score (nSPS) is 16.9. The fourth-order valence-electron chi connectivity index (χ4n) is 2.23. The van der Waals surface area contributed by atoms with Crippen LogP contribution in [0.3, 0.4) is 0 Å². The number of alkyl halides is 3. The lowest BCUT2D eigenvalue weighted by atomic mass is 10.00. The van der Waals surface area contributed by atoms with Gasteiger partial charge in [-0.25, -0.2) is 4.79 Å². The Balaban J connectivity index is 2.08. The molecule has 1 aromatic carbocycles. The first-order chi connectivity index (χ1) is 9.77. The zero-order valence-electron chi connectivity index (χ0n) is 11.5. The predicted octanol–water partition coefficient (Wildman–Crippen LogP) is 4.73. The van der Waals surface area contributed by atoms with Crippen LogP contribution in [0.5, 0.6) is 0 Å². The zero-order valence-corrected chi connectivity index (χ0v) is 13.1. The number of nitrogens with one attached hydrogen (secondary N) is 1. The molecule has 1 aliphatic rings. The Labute approximate surface area is 129 Å². The van der Waals surface area contributed by atoms with Crippen molar-refractivity contribution < 1.29 is 18.0 Å². The molecule has 21 heavy (non-hydrogen) atoms. The molecule has 1 aliphatic heterocycles. The van der Waals surface area contributed by atoms with Gasteiger partial charge in [0.2, 0.25) is 0 Å². The van der Waals surface area contributed by atoms with Crippen LogP contribution in [0.2, 0.25) is 0 Å². The topological polar surface area (TPSA) is 32.3 Å². The summed E-state index contributed by atoms with van der Waals surface area (Å²) < 4.78 is 38.4. The van der Waals surface area contributed by atoms with Gasteiger partial charge in [0.25, 0.3) is 0 Å². The highest BCUT2D eigenvalue weighted by molar-refractivity contribution is 9.10. The first-order valence-electron chi connectivity index (χ1n) is 6.70. The van der Waals surface area contributed by atoms with E-state index in [4.69, 9.17) is 0 Å². The number of anilines is 1. The monoisotopic (exact) mass is 364 g/mol. The number of piperidine rings is 1. The van der Waals surface area contributed by atoms with Gasteiger partial charge in [-0.05, 0) is 37.0 Å². The Morgan fingerprint density at radius 1 is 1.33 bits per heavy atom. The Morgan fingerprint density at radius 3 is 2.52 bits per heavy atom. The van der Waals surface area contributed by atoms with Crippen molar-refractivity contribution >= 4 is 27.6 Å². The highest BCUT2D eigenvalue weighted by atomic mass is 79.9. The second-order valence-electron chi connectivity index (χ2n) is 5.29. The third-order valence-electron chi connectivity index (χ3n) is 3.59. The second kappa shape index (κ2) is 6.25. The van der Waals surface area contributed by atoms with Crippen LogP contribution in [0, 0.1) is 5.92 Å². The summed E-state index contributed by atoms with van der Waals surface area (Å²) >= 11 is 2.87. The van der Waals surface area contributed by atoms with Crippen molar-refractivity contribution in [1.29, 1.82) is 0 Å². The number of halogens is 4. The largest absolute Gasteiger partial charge is 0.417 e. The first kappa shape index (κ1) is 16.1. The molecule has 0 atom stereocenters. The van der Waals surface area contributed by atoms with Gasteiger partial charge < -0.3 is 10.2 Å². The van der Waals surface area contributed by atoms with E-state index < -0.39 is 11.7 Å². The third-order valence-corrected chi connectivity index (χ3v) is 4.29. The average molecular weight is 365 g/mol. The molecule has 2 amide bonds. The minimum absolute atomic E-state index is 0.0419. The summed E-state index contributed by atoms with van der Waals surface area (Å²) in [7, 11) is 0. The molecule has 1 N–H and O–H groups in total. The van der Waals surface area contributed by atoms with Crippen LogP contribution in [0.4, 0.5) is 23.7 Å². The van der Waals surface area contributed by atoms with E-state index in [9.17, 15) is 18.0 Å². The Hall–Kier alpha value is -1.24. The summed E-state index contributed by atoms with van der Waals surface area (Å²) in [5.41, 5.74) is -0.651. The maximum absolute atomic E-state index is 12.8. The smallest absolute Gasteiger partial charge is 0.325 e. The van der Waals surface area contributed by atoms with E-state index in [0.29, 0.717) is 19.0 Å². The van der Waals surface area contributed by atoms with Crippen LogP contribution >= 0.6 is 15.9 Å². The first-order valence-corrected chi connectivity index (χ1v) is 7.49. The molecule has 116 valence electrons. The van der Waals surface area contributed by atoms with Crippen molar-refractivity contribution in [2.24, 2.45) is 5.92 Å². The molecule has 0 spiro atoms. The van der Waals surface area contributed by atoms with Gasteiger partial charge in [-0.2, -0.15) is 13.2 Å². The molecule has 0 radical (unpaired) electrons. The molecule has 1 heterocycles. The minimum atomic E-state index is -4.46. The molecule has 2 rings (SSSR count). The molecular weight excluding hydrogens is 349 g/mol. The second-order valence-corrected chi connectivity index (χ2v) is 6.15. The number of urea groups is 1. The van der Waals surface area contributed by atoms with Crippen LogP contribution in [0.15, 0.2) is 22.7 Å². The molecule has 0 aliphatic carbocycles. The third kappa shape index (κ3) is 4.12. The lowest BCUT2D eigenvalue weighted by Gasteiger charge is -2.30. The highest BCUT2D eigenvalue weighted by Gasteiger charge is 2.33. The molecule has 0 saturated carbocycles. The Kier molecular flexibility index (Phi) is 4.81. The number of amides is 2. The van der Waals surface area contributed by atoms with Crippen molar-refractivity contribution in [3.8, 4) is 0 Å². The molecule has 7 heteroatoms. The summed E-state index contributed by atoms with van der Waals surface area (Å²) in [6.07, 6.45) is -2.62. The van der Waals surface area contributed by atoms with Gasteiger partial charge in [-0.1, -0.05) is 22.9 Å². The number of hydrogen-bond donors (Lipinski definition) is 1. The van der Waals surface area contributed by atoms with E-state index in [2.05, 4.69) is 28.2 Å². The number of carbonyl (C=O) groups is 1. The molecule has 0 unspecified atom stereocenters. The van der Waals surface area contributed by atoms with Gasteiger partial charge in [-0.15, -0.1) is 0 Å². The van der Waals surface area contributed by atoms with Gasteiger partial charge in [0, 0.05) is 23.2 Å². The van der Waals surface area contributed by atoms with Crippen molar-refractivity contribution in [1.82, 2.24) is 4.90 Å². The number of carbonyl (C=O) groups excluding carboxylic acids is 1. The average Bonchev–Trinajstić information content (AvgIpc) is 2.40. The van der Waals surface area contributed by atoms with Gasteiger partial charge in [0.05, 0.1) is 5.56 Å². The molecular formula is C14H16BrF3N2O. The molecule has 1 aromatic rings. The Bertz CT molecular complexity index is 525. The highest BCUT2D eigenvalue weighted by Crippen LogP contribution is 2.36. The van der Waals surface area contributed by atoms with E-state index in [1.807, 2.05) is 0 Å². The van der Waals surface area contributed by atoms with Gasteiger partial charge in [0.1, 0.15) is 0 Å². The summed E-state index contributed by atoms with van der Waals surface area (Å²) in [6.45, 7) is 3.39. The fraction of sp³-hybridized carbons (Fsp3) is 0.500. The number of nitrogens with zero attached hydrogens (tertiary/aromatic N) is 1. The van der Waals surface area contributed by atoms with Crippen molar-refractivity contribution in [3.63, 3.8) is 0 Å². The van der Waals surface area contributed by atoms with Crippen LogP contribution in [-0.4, -0.2) is 24.0 Å². The number of rotatable bonds is 1.